The Hall–Kier alpha value is -3.13. The quantitative estimate of drug-likeness (QED) is 0.540. The van der Waals surface area contributed by atoms with Gasteiger partial charge in [-0.05, 0) is 71.6 Å². The number of amides is 1. The zero-order chi connectivity index (χ0) is 24.5. The van der Waals surface area contributed by atoms with Crippen LogP contribution >= 0.6 is 0 Å². The van der Waals surface area contributed by atoms with Gasteiger partial charge >= 0.3 is 6.09 Å². The summed E-state index contributed by atoms with van der Waals surface area (Å²) in [7, 11) is 4.11. The number of fused-ring (bicyclic) bond motifs is 1. The van der Waals surface area contributed by atoms with E-state index in [0.29, 0.717) is 18.7 Å². The first-order valence-corrected chi connectivity index (χ1v) is 11.8. The van der Waals surface area contributed by atoms with E-state index < -0.39 is 5.60 Å². The van der Waals surface area contributed by atoms with Crippen molar-refractivity contribution in [2.45, 2.75) is 45.4 Å². The van der Waals surface area contributed by atoms with Crippen molar-refractivity contribution < 1.29 is 13.9 Å². The summed E-state index contributed by atoms with van der Waals surface area (Å²) in [6, 6.07) is 12.8. The molecule has 1 saturated heterocycles. The van der Waals surface area contributed by atoms with Crippen LogP contribution in [0, 0.1) is 5.82 Å². The van der Waals surface area contributed by atoms with Crippen molar-refractivity contribution in [1.82, 2.24) is 19.6 Å². The first-order chi connectivity index (χ1) is 16.1. The zero-order valence-electron chi connectivity index (χ0n) is 20.6. The summed E-state index contributed by atoms with van der Waals surface area (Å²) in [5, 5.41) is 9.42. The molecule has 2 heterocycles. The highest BCUT2D eigenvalue weighted by atomic mass is 19.1. The van der Waals surface area contributed by atoms with Crippen LogP contribution in [0.2, 0.25) is 0 Å². The monoisotopic (exact) mass is 467 g/mol. The van der Waals surface area contributed by atoms with Crippen molar-refractivity contribution >= 4 is 22.8 Å². The highest BCUT2D eigenvalue weighted by Gasteiger charge is 2.34. The molecule has 3 aromatic rings. The minimum Gasteiger partial charge on any atom is -0.444 e. The number of hydrogen-bond donors (Lipinski definition) is 1. The molecule has 0 aliphatic carbocycles. The lowest BCUT2D eigenvalue weighted by Gasteiger charge is -2.40. The summed E-state index contributed by atoms with van der Waals surface area (Å²) >= 11 is 0. The van der Waals surface area contributed by atoms with Crippen LogP contribution < -0.4 is 5.32 Å². The highest BCUT2D eigenvalue weighted by molar-refractivity contribution is 5.93. The van der Waals surface area contributed by atoms with Crippen molar-refractivity contribution in [3.8, 4) is 11.1 Å². The van der Waals surface area contributed by atoms with Gasteiger partial charge in [-0.2, -0.15) is 5.10 Å². The molecular weight excluding hydrogens is 433 g/mol. The van der Waals surface area contributed by atoms with Gasteiger partial charge in [-0.15, -0.1) is 0 Å². The van der Waals surface area contributed by atoms with Gasteiger partial charge in [0, 0.05) is 30.6 Å². The first kappa shape index (κ1) is 24.0. The van der Waals surface area contributed by atoms with E-state index in [0.717, 1.165) is 41.8 Å². The number of carbonyl (C=O) groups excluding carboxylic acids is 1. The normalized spacial score (nSPS) is 14.5. The summed E-state index contributed by atoms with van der Waals surface area (Å²) in [6.07, 6.45) is 0.661. The zero-order valence-corrected chi connectivity index (χ0v) is 20.6. The fraction of sp³-hybridized carbons (Fsp3) is 0.462. The largest absolute Gasteiger partial charge is 0.444 e. The minimum absolute atomic E-state index is 0.117. The van der Waals surface area contributed by atoms with Crippen molar-refractivity contribution in [1.29, 1.82) is 0 Å². The number of anilines is 1. The van der Waals surface area contributed by atoms with E-state index in [2.05, 4.69) is 24.3 Å². The maximum absolute atomic E-state index is 14.3. The lowest BCUT2D eigenvalue weighted by Crippen LogP contribution is -2.58. The summed E-state index contributed by atoms with van der Waals surface area (Å²) in [6.45, 7) is 8.47. The van der Waals surface area contributed by atoms with E-state index in [1.165, 1.54) is 6.07 Å². The Labute approximate surface area is 200 Å². The maximum atomic E-state index is 14.3. The Bertz CT molecular complexity index is 1160. The molecule has 0 spiro atoms. The van der Waals surface area contributed by atoms with Crippen molar-refractivity contribution in [3.63, 3.8) is 0 Å². The van der Waals surface area contributed by atoms with E-state index in [4.69, 9.17) is 9.84 Å². The molecule has 1 amide bonds. The molecule has 182 valence electrons. The molecule has 1 aromatic heterocycles. The Kier molecular flexibility index (Phi) is 6.79. The van der Waals surface area contributed by atoms with Crippen LogP contribution in [0.3, 0.4) is 0 Å². The number of aromatic nitrogens is 2. The third kappa shape index (κ3) is 5.50. The smallest absolute Gasteiger partial charge is 0.410 e. The fourth-order valence-corrected chi connectivity index (χ4v) is 4.09. The lowest BCUT2D eigenvalue weighted by atomic mass is 10.0. The van der Waals surface area contributed by atoms with Crippen LogP contribution in [0.5, 0.6) is 0 Å². The van der Waals surface area contributed by atoms with Crippen LogP contribution in [0.4, 0.5) is 15.0 Å². The molecule has 0 unspecified atom stereocenters. The van der Waals surface area contributed by atoms with Crippen LogP contribution in [0.1, 0.15) is 27.2 Å². The SMILES string of the molecule is CN(C)CCCn1nc2cc(-c3ccccc3F)ccc2c1NC1CN(C(=O)OC(C)(C)C)C1. The molecule has 2 aromatic carbocycles. The van der Waals surface area contributed by atoms with E-state index in [1.54, 1.807) is 17.0 Å². The van der Waals surface area contributed by atoms with Gasteiger partial charge in [0.05, 0.1) is 11.6 Å². The number of nitrogens with zero attached hydrogens (tertiary/aromatic N) is 4. The molecule has 1 aliphatic heterocycles. The number of halogens is 1. The van der Waals surface area contributed by atoms with E-state index in [9.17, 15) is 9.18 Å². The number of rotatable bonds is 7. The molecular formula is C26H34FN5O2. The number of benzene rings is 2. The number of nitrogens with one attached hydrogen (secondary N) is 1. The second-order valence-electron chi connectivity index (χ2n) is 10.2. The maximum Gasteiger partial charge on any atom is 0.410 e. The van der Waals surface area contributed by atoms with Crippen LogP contribution in [0.15, 0.2) is 42.5 Å². The van der Waals surface area contributed by atoms with Gasteiger partial charge in [-0.1, -0.05) is 24.3 Å². The van der Waals surface area contributed by atoms with E-state index in [1.807, 2.05) is 49.7 Å². The van der Waals surface area contributed by atoms with Gasteiger partial charge in [0.15, 0.2) is 0 Å². The number of hydrogen-bond acceptors (Lipinski definition) is 5. The Balaban J connectivity index is 1.55. The Morgan fingerprint density at radius 2 is 1.94 bits per heavy atom. The molecule has 4 rings (SSSR count). The number of likely N-dealkylation sites (tertiary alicyclic amines) is 1. The van der Waals surface area contributed by atoms with E-state index >= 15 is 0 Å². The van der Waals surface area contributed by atoms with Crippen molar-refractivity contribution in [2.75, 3.05) is 39.0 Å². The number of ether oxygens (including phenoxy) is 1. The Morgan fingerprint density at radius 3 is 2.62 bits per heavy atom. The van der Waals surface area contributed by atoms with Gasteiger partial charge in [-0.25, -0.2) is 13.9 Å². The molecule has 0 bridgehead atoms. The second kappa shape index (κ2) is 9.62. The second-order valence-corrected chi connectivity index (χ2v) is 10.2. The van der Waals surface area contributed by atoms with Gasteiger partial charge in [0.2, 0.25) is 0 Å². The predicted octanol–water partition coefficient (Wildman–Crippen LogP) is 4.83. The van der Waals surface area contributed by atoms with Crippen molar-refractivity contribution in [2.24, 2.45) is 0 Å². The molecule has 1 N–H and O–H groups in total. The molecule has 0 atom stereocenters. The molecule has 8 heteroatoms. The highest BCUT2D eigenvalue weighted by Crippen LogP contribution is 2.31. The summed E-state index contributed by atoms with van der Waals surface area (Å²) in [4.78, 5) is 16.1. The minimum atomic E-state index is -0.507. The van der Waals surface area contributed by atoms with Crippen LogP contribution in [-0.4, -0.2) is 71.0 Å². The topological polar surface area (TPSA) is 62.6 Å². The predicted molar refractivity (Wildman–Crippen MR) is 134 cm³/mol. The van der Waals surface area contributed by atoms with Gasteiger partial charge in [0.1, 0.15) is 17.2 Å². The van der Waals surface area contributed by atoms with Crippen molar-refractivity contribution in [3.05, 3.63) is 48.3 Å². The average molecular weight is 468 g/mol. The van der Waals surface area contributed by atoms with Crippen LogP contribution in [0.25, 0.3) is 22.0 Å². The van der Waals surface area contributed by atoms with E-state index in [-0.39, 0.29) is 18.0 Å². The molecule has 1 fully saturated rings. The molecule has 0 saturated carbocycles. The average Bonchev–Trinajstić information content (AvgIpc) is 3.05. The Morgan fingerprint density at radius 1 is 1.21 bits per heavy atom. The summed E-state index contributed by atoms with van der Waals surface area (Å²) in [5.74, 6) is 0.685. The molecule has 7 nitrogen and oxygen atoms in total. The molecule has 0 radical (unpaired) electrons. The summed E-state index contributed by atoms with van der Waals surface area (Å²) in [5.41, 5.74) is 1.67. The lowest BCUT2D eigenvalue weighted by molar-refractivity contribution is 0.0104. The molecule has 34 heavy (non-hydrogen) atoms. The standard InChI is InChI=1S/C26H34FN5O2/c1-26(2,3)34-25(33)31-16-19(17-31)28-24-21-12-11-18(20-9-6-7-10-22(20)27)15-23(21)29-32(24)14-8-13-30(4)5/h6-7,9-12,15,19,28H,8,13-14,16-17H2,1-5H3. The third-order valence-corrected chi connectivity index (χ3v) is 5.77. The number of aryl methyl sites for hydroxylation is 1. The van der Waals surface area contributed by atoms with Gasteiger partial charge < -0.3 is 19.9 Å². The van der Waals surface area contributed by atoms with Gasteiger partial charge in [-0.3, -0.25) is 0 Å². The van der Waals surface area contributed by atoms with Crippen LogP contribution in [-0.2, 0) is 11.3 Å². The first-order valence-electron chi connectivity index (χ1n) is 11.8. The molecule has 1 aliphatic rings. The fourth-order valence-electron chi connectivity index (χ4n) is 4.09. The number of carbonyl (C=O) groups is 1. The summed E-state index contributed by atoms with van der Waals surface area (Å²) < 4.78 is 21.8. The van der Waals surface area contributed by atoms with Gasteiger partial charge in [0.25, 0.3) is 0 Å². The third-order valence-electron chi connectivity index (χ3n) is 5.77.